The molecule has 132 valence electrons. The van der Waals surface area contributed by atoms with Crippen LogP contribution in [0, 0.1) is 5.92 Å². The van der Waals surface area contributed by atoms with E-state index in [-0.39, 0.29) is 17.1 Å². The first kappa shape index (κ1) is 17.8. The van der Waals surface area contributed by atoms with E-state index in [0.717, 1.165) is 43.7 Å². The van der Waals surface area contributed by atoms with Gasteiger partial charge in [-0.05, 0) is 42.5 Å². The molecule has 0 spiro atoms. The molecule has 1 aromatic heterocycles. The Hall–Kier alpha value is -2.00. The van der Waals surface area contributed by atoms with Crippen LogP contribution in [0.3, 0.4) is 0 Å². The zero-order valence-electron chi connectivity index (χ0n) is 15.5. The number of benzene rings is 1. The molecule has 1 unspecified atom stereocenters. The van der Waals surface area contributed by atoms with E-state index in [1.165, 1.54) is 5.56 Å². The molecule has 0 N–H and O–H groups in total. The highest BCUT2D eigenvalue weighted by molar-refractivity contribution is 5.98. The Balaban J connectivity index is 1.65. The van der Waals surface area contributed by atoms with Crippen LogP contribution in [0.5, 0.6) is 0 Å². The van der Waals surface area contributed by atoms with Gasteiger partial charge < -0.3 is 0 Å². The second-order valence-electron chi connectivity index (χ2n) is 8.09. The van der Waals surface area contributed by atoms with Crippen LogP contribution in [-0.4, -0.2) is 28.8 Å². The third kappa shape index (κ3) is 4.55. The Morgan fingerprint density at radius 1 is 1.16 bits per heavy atom. The minimum atomic E-state index is 0.0953. The van der Waals surface area contributed by atoms with Crippen molar-refractivity contribution in [2.75, 3.05) is 13.1 Å². The fourth-order valence-corrected chi connectivity index (χ4v) is 3.50. The lowest BCUT2D eigenvalue weighted by Crippen LogP contribution is -2.38. The van der Waals surface area contributed by atoms with Gasteiger partial charge in [-0.25, -0.2) is 0 Å². The Morgan fingerprint density at radius 3 is 2.56 bits per heavy atom. The number of hydrogen-bond donors (Lipinski definition) is 0. The summed E-state index contributed by atoms with van der Waals surface area (Å²) in [5.74, 6) is 0.379. The molecule has 3 nitrogen and oxygen atoms in total. The molecule has 0 amide bonds. The summed E-state index contributed by atoms with van der Waals surface area (Å²) >= 11 is 0. The van der Waals surface area contributed by atoms with E-state index in [1.54, 1.807) is 0 Å². The number of aromatic nitrogens is 1. The molecule has 3 rings (SSSR count). The van der Waals surface area contributed by atoms with Gasteiger partial charge in [-0.2, -0.15) is 0 Å². The number of carbonyl (C=O) groups is 1. The minimum absolute atomic E-state index is 0.0953. The van der Waals surface area contributed by atoms with Crippen LogP contribution in [0.1, 0.15) is 55.2 Å². The van der Waals surface area contributed by atoms with Crippen molar-refractivity contribution in [3.05, 3.63) is 65.5 Å². The molecule has 1 aromatic carbocycles. The van der Waals surface area contributed by atoms with Crippen molar-refractivity contribution in [3.8, 4) is 0 Å². The van der Waals surface area contributed by atoms with E-state index in [4.69, 9.17) is 0 Å². The molecule has 1 atom stereocenters. The van der Waals surface area contributed by atoms with Crippen LogP contribution in [0.2, 0.25) is 0 Å². The van der Waals surface area contributed by atoms with Gasteiger partial charge in [0.15, 0.2) is 5.78 Å². The molecule has 0 bridgehead atoms. The zero-order valence-corrected chi connectivity index (χ0v) is 15.5. The Labute approximate surface area is 151 Å². The minimum Gasteiger partial charge on any atom is -0.297 e. The van der Waals surface area contributed by atoms with Crippen LogP contribution in [-0.2, 0) is 12.0 Å². The number of hydrogen-bond acceptors (Lipinski definition) is 3. The van der Waals surface area contributed by atoms with Crippen LogP contribution in [0.15, 0.2) is 48.7 Å². The maximum atomic E-state index is 12.9. The number of ketones is 1. The number of pyridine rings is 1. The Morgan fingerprint density at radius 2 is 1.92 bits per heavy atom. The summed E-state index contributed by atoms with van der Waals surface area (Å²) in [5.41, 5.74) is 3.30. The highest BCUT2D eigenvalue weighted by Gasteiger charge is 2.27. The lowest BCUT2D eigenvalue weighted by molar-refractivity contribution is 0.0810. The van der Waals surface area contributed by atoms with Crippen molar-refractivity contribution in [1.82, 2.24) is 9.88 Å². The van der Waals surface area contributed by atoms with Gasteiger partial charge in [-0.3, -0.25) is 14.7 Å². The quantitative estimate of drug-likeness (QED) is 0.772. The van der Waals surface area contributed by atoms with E-state index in [0.29, 0.717) is 0 Å². The molecular weight excluding hydrogens is 308 g/mol. The molecule has 1 saturated heterocycles. The maximum Gasteiger partial charge on any atom is 0.167 e. The first-order chi connectivity index (χ1) is 11.9. The van der Waals surface area contributed by atoms with Crippen LogP contribution >= 0.6 is 0 Å². The second kappa shape index (κ2) is 7.49. The van der Waals surface area contributed by atoms with Gasteiger partial charge in [0.25, 0.3) is 0 Å². The fourth-order valence-electron chi connectivity index (χ4n) is 3.50. The lowest BCUT2D eigenvalue weighted by Gasteiger charge is -2.31. The van der Waals surface area contributed by atoms with Crippen molar-refractivity contribution in [1.29, 1.82) is 0 Å². The SMILES string of the molecule is CC(C)(C)c1ccc(C(=O)C2CCCN(Cc3ccccn3)C2)cc1. The fraction of sp³-hybridized carbons (Fsp3) is 0.455. The van der Waals surface area contributed by atoms with E-state index in [9.17, 15) is 4.79 Å². The average Bonchev–Trinajstić information content (AvgIpc) is 2.61. The largest absolute Gasteiger partial charge is 0.297 e. The Bertz CT molecular complexity index is 701. The lowest BCUT2D eigenvalue weighted by atomic mass is 9.85. The van der Waals surface area contributed by atoms with E-state index >= 15 is 0 Å². The zero-order chi connectivity index (χ0) is 17.9. The maximum absolute atomic E-state index is 12.9. The summed E-state index contributed by atoms with van der Waals surface area (Å²) in [6, 6.07) is 14.2. The molecule has 0 aliphatic carbocycles. The molecule has 1 fully saturated rings. The molecule has 25 heavy (non-hydrogen) atoms. The van der Waals surface area contributed by atoms with Gasteiger partial charge in [0.1, 0.15) is 0 Å². The highest BCUT2D eigenvalue weighted by Crippen LogP contribution is 2.25. The first-order valence-corrected chi connectivity index (χ1v) is 9.20. The predicted octanol–water partition coefficient (Wildman–Crippen LogP) is 4.47. The summed E-state index contributed by atoms with van der Waals surface area (Å²) in [6.07, 6.45) is 3.89. The summed E-state index contributed by atoms with van der Waals surface area (Å²) < 4.78 is 0. The number of rotatable bonds is 4. The number of likely N-dealkylation sites (tertiary alicyclic amines) is 1. The summed E-state index contributed by atoms with van der Waals surface area (Å²) in [4.78, 5) is 19.7. The molecule has 0 radical (unpaired) electrons. The molecular formula is C22H28N2O. The van der Waals surface area contributed by atoms with Crippen molar-refractivity contribution < 1.29 is 4.79 Å². The number of Topliss-reactive ketones (excluding diaryl/α,β-unsaturated/α-hetero) is 1. The van der Waals surface area contributed by atoms with Gasteiger partial charge >= 0.3 is 0 Å². The smallest absolute Gasteiger partial charge is 0.167 e. The standard InChI is InChI=1S/C22H28N2O/c1-22(2,3)19-11-9-17(10-12-19)21(25)18-7-6-14-24(15-18)16-20-8-4-5-13-23-20/h4-5,8-13,18H,6-7,14-16H2,1-3H3. The summed E-state index contributed by atoms with van der Waals surface area (Å²) in [5, 5.41) is 0. The van der Waals surface area contributed by atoms with Gasteiger partial charge in [0, 0.05) is 30.8 Å². The molecule has 3 heteroatoms. The van der Waals surface area contributed by atoms with Gasteiger partial charge in [0.2, 0.25) is 0 Å². The van der Waals surface area contributed by atoms with Crippen molar-refractivity contribution in [2.45, 2.75) is 45.6 Å². The number of piperidine rings is 1. The molecule has 2 aromatic rings. The van der Waals surface area contributed by atoms with Gasteiger partial charge in [0.05, 0.1) is 5.69 Å². The molecule has 2 heterocycles. The van der Waals surface area contributed by atoms with Crippen molar-refractivity contribution in [3.63, 3.8) is 0 Å². The Kier molecular flexibility index (Phi) is 5.33. The third-order valence-electron chi connectivity index (χ3n) is 5.02. The molecule has 0 saturated carbocycles. The topological polar surface area (TPSA) is 33.2 Å². The van der Waals surface area contributed by atoms with Crippen molar-refractivity contribution >= 4 is 5.78 Å². The molecule has 1 aliphatic heterocycles. The summed E-state index contributed by atoms with van der Waals surface area (Å²) in [7, 11) is 0. The normalized spacial score (nSPS) is 18.9. The first-order valence-electron chi connectivity index (χ1n) is 9.20. The van der Waals surface area contributed by atoms with Crippen molar-refractivity contribution in [2.24, 2.45) is 5.92 Å². The van der Waals surface area contributed by atoms with E-state index < -0.39 is 0 Å². The predicted molar refractivity (Wildman–Crippen MR) is 102 cm³/mol. The number of nitrogens with zero attached hydrogens (tertiary/aromatic N) is 2. The number of carbonyl (C=O) groups excluding carboxylic acids is 1. The second-order valence-corrected chi connectivity index (χ2v) is 8.09. The highest BCUT2D eigenvalue weighted by atomic mass is 16.1. The van der Waals surface area contributed by atoms with Crippen LogP contribution in [0.25, 0.3) is 0 Å². The van der Waals surface area contributed by atoms with Crippen LogP contribution in [0.4, 0.5) is 0 Å². The van der Waals surface area contributed by atoms with E-state index in [2.05, 4.69) is 48.9 Å². The van der Waals surface area contributed by atoms with E-state index in [1.807, 2.05) is 30.5 Å². The third-order valence-corrected chi connectivity index (χ3v) is 5.02. The van der Waals surface area contributed by atoms with Crippen LogP contribution < -0.4 is 0 Å². The molecule has 1 aliphatic rings. The summed E-state index contributed by atoms with van der Waals surface area (Å²) in [6.45, 7) is 9.29. The monoisotopic (exact) mass is 336 g/mol. The van der Waals surface area contributed by atoms with Gasteiger partial charge in [-0.1, -0.05) is 51.1 Å². The van der Waals surface area contributed by atoms with Gasteiger partial charge in [-0.15, -0.1) is 0 Å². The average molecular weight is 336 g/mol.